The van der Waals surface area contributed by atoms with Crippen molar-refractivity contribution in [3.05, 3.63) is 53.6 Å². The summed E-state index contributed by atoms with van der Waals surface area (Å²) in [7, 11) is 1.71. The van der Waals surface area contributed by atoms with Gasteiger partial charge in [-0.1, -0.05) is 38.1 Å². The van der Waals surface area contributed by atoms with Crippen molar-refractivity contribution in [3.63, 3.8) is 0 Å². The normalized spacial score (nSPS) is 13.3. The molecule has 0 bridgehead atoms. The highest BCUT2D eigenvalue weighted by molar-refractivity contribution is 7.98. The van der Waals surface area contributed by atoms with E-state index in [1.165, 1.54) is 17.5 Å². The van der Waals surface area contributed by atoms with Crippen LogP contribution in [-0.2, 0) is 11.3 Å². The lowest BCUT2D eigenvalue weighted by Gasteiger charge is -2.21. The fourth-order valence-corrected chi connectivity index (χ4v) is 3.14. The van der Waals surface area contributed by atoms with Crippen molar-refractivity contribution in [2.45, 2.75) is 31.3 Å². The van der Waals surface area contributed by atoms with Gasteiger partial charge in [0, 0.05) is 30.3 Å². The number of guanidine groups is 1. The minimum Gasteiger partial charge on any atom is -0.380 e. The average Bonchev–Trinajstić information content (AvgIpc) is 2.56. The number of nitrogens with one attached hydrogen (secondary N) is 2. The molecule has 0 unspecified atom stereocenters. The van der Waals surface area contributed by atoms with E-state index in [9.17, 15) is 0 Å². The Hall–Kier alpha value is -1.98. The molecule has 23 heavy (non-hydrogen) atoms. The van der Waals surface area contributed by atoms with Gasteiger partial charge in [0.15, 0.2) is 0 Å². The van der Waals surface area contributed by atoms with Crippen molar-refractivity contribution in [2.24, 2.45) is 4.40 Å². The van der Waals surface area contributed by atoms with Gasteiger partial charge in [0.1, 0.15) is 0 Å². The maximum Gasteiger partial charge on any atom is 0.212 e. The molecule has 0 radical (unpaired) electrons. The number of fused-ring (bicyclic) bond motifs is 1. The third kappa shape index (κ3) is 3.68. The maximum absolute atomic E-state index is 5.27. The zero-order valence-corrected chi connectivity index (χ0v) is 14.4. The fraction of sp³-hybridized carbons (Fsp3) is 0.278. The molecule has 0 saturated heterocycles. The molecule has 0 aliphatic carbocycles. The SMILES string of the molecule is COCc1cccc2c1NC(Nc1ccc(C(C)C)cc1)=NS2. The van der Waals surface area contributed by atoms with Crippen LogP contribution in [0.2, 0.25) is 0 Å². The van der Waals surface area contributed by atoms with Gasteiger partial charge in [0.25, 0.3) is 0 Å². The van der Waals surface area contributed by atoms with Crippen molar-refractivity contribution in [3.8, 4) is 0 Å². The summed E-state index contributed by atoms with van der Waals surface area (Å²) < 4.78 is 9.77. The first kappa shape index (κ1) is 15.9. The molecular formula is C18H21N3OS. The average molecular weight is 327 g/mol. The number of benzene rings is 2. The van der Waals surface area contributed by atoms with Crippen molar-refractivity contribution in [1.82, 2.24) is 0 Å². The van der Waals surface area contributed by atoms with Crippen LogP contribution in [0, 0.1) is 0 Å². The highest BCUT2D eigenvalue weighted by Crippen LogP contribution is 2.35. The lowest BCUT2D eigenvalue weighted by atomic mass is 10.0. The summed E-state index contributed by atoms with van der Waals surface area (Å²) in [6.45, 7) is 4.97. The number of nitrogens with zero attached hydrogens (tertiary/aromatic N) is 1. The molecule has 0 aromatic heterocycles. The molecule has 0 saturated carbocycles. The molecule has 0 atom stereocenters. The Bertz CT molecular complexity index is 711. The molecule has 0 spiro atoms. The molecule has 4 nitrogen and oxygen atoms in total. The lowest BCUT2D eigenvalue weighted by molar-refractivity contribution is 0.185. The zero-order chi connectivity index (χ0) is 16.2. The molecule has 1 heterocycles. The number of para-hydroxylation sites is 1. The molecular weight excluding hydrogens is 306 g/mol. The molecule has 120 valence electrons. The summed E-state index contributed by atoms with van der Waals surface area (Å²) in [5.74, 6) is 1.27. The van der Waals surface area contributed by atoms with Crippen molar-refractivity contribution in [1.29, 1.82) is 0 Å². The Balaban J connectivity index is 1.75. The number of anilines is 2. The first-order chi connectivity index (χ1) is 11.2. The van der Waals surface area contributed by atoms with Crippen molar-refractivity contribution < 1.29 is 4.74 Å². The van der Waals surface area contributed by atoms with E-state index >= 15 is 0 Å². The topological polar surface area (TPSA) is 45.6 Å². The summed E-state index contributed by atoms with van der Waals surface area (Å²) in [5, 5.41) is 6.71. The Morgan fingerprint density at radius 2 is 1.96 bits per heavy atom. The smallest absolute Gasteiger partial charge is 0.212 e. The van der Waals surface area contributed by atoms with Gasteiger partial charge in [0.2, 0.25) is 5.96 Å². The van der Waals surface area contributed by atoms with Crippen LogP contribution in [0.5, 0.6) is 0 Å². The second-order valence-electron chi connectivity index (χ2n) is 5.78. The Morgan fingerprint density at radius 1 is 1.17 bits per heavy atom. The molecule has 0 amide bonds. The van der Waals surface area contributed by atoms with E-state index in [4.69, 9.17) is 4.74 Å². The van der Waals surface area contributed by atoms with Gasteiger partial charge < -0.3 is 15.4 Å². The molecule has 3 rings (SSSR count). The predicted octanol–water partition coefficient (Wildman–Crippen LogP) is 4.86. The fourth-order valence-electron chi connectivity index (χ4n) is 2.45. The van der Waals surface area contributed by atoms with Gasteiger partial charge in [-0.15, -0.1) is 0 Å². The van der Waals surface area contributed by atoms with Crippen LogP contribution >= 0.6 is 11.9 Å². The van der Waals surface area contributed by atoms with Crippen molar-refractivity contribution >= 4 is 29.3 Å². The Kier molecular flexibility index (Phi) is 4.88. The predicted molar refractivity (Wildman–Crippen MR) is 98.2 cm³/mol. The molecule has 2 aromatic carbocycles. The standard InChI is InChI=1S/C18H21N3OS/c1-12(2)13-7-9-15(10-8-13)19-18-20-17-14(11-22-3)5-4-6-16(17)23-21-18/h4-10,12H,11H2,1-3H3,(H2,19,20,21). The second-order valence-corrected chi connectivity index (χ2v) is 6.59. The van der Waals surface area contributed by atoms with Crippen LogP contribution < -0.4 is 10.6 Å². The number of ether oxygens (including phenoxy) is 1. The lowest BCUT2D eigenvalue weighted by Crippen LogP contribution is -2.24. The highest BCUT2D eigenvalue weighted by Gasteiger charge is 2.16. The number of hydrogen-bond donors (Lipinski definition) is 2. The molecule has 2 aromatic rings. The zero-order valence-electron chi connectivity index (χ0n) is 13.6. The van der Waals surface area contributed by atoms with E-state index in [1.54, 1.807) is 7.11 Å². The Morgan fingerprint density at radius 3 is 2.65 bits per heavy atom. The molecule has 1 aliphatic heterocycles. The minimum absolute atomic E-state index is 0.535. The van der Waals surface area contributed by atoms with E-state index in [1.807, 2.05) is 6.07 Å². The maximum atomic E-state index is 5.27. The Labute approximate surface area is 141 Å². The monoisotopic (exact) mass is 327 g/mol. The van der Waals surface area contributed by atoms with Gasteiger partial charge in [-0.3, -0.25) is 0 Å². The van der Waals surface area contributed by atoms with E-state index in [-0.39, 0.29) is 0 Å². The largest absolute Gasteiger partial charge is 0.380 e. The van der Waals surface area contributed by atoms with E-state index < -0.39 is 0 Å². The van der Waals surface area contributed by atoms with E-state index in [0.717, 1.165) is 27.8 Å². The van der Waals surface area contributed by atoms with Crippen molar-refractivity contribution in [2.75, 3.05) is 17.7 Å². The molecule has 1 aliphatic rings. The highest BCUT2D eigenvalue weighted by atomic mass is 32.2. The van der Waals surface area contributed by atoms with Gasteiger partial charge in [0.05, 0.1) is 17.2 Å². The summed E-state index contributed by atoms with van der Waals surface area (Å²) in [5.41, 5.74) is 4.54. The van der Waals surface area contributed by atoms with Crippen LogP contribution in [0.15, 0.2) is 51.8 Å². The minimum atomic E-state index is 0.535. The third-order valence-electron chi connectivity index (χ3n) is 3.73. The van der Waals surface area contributed by atoms with Gasteiger partial charge in [-0.25, -0.2) is 0 Å². The summed E-state index contributed by atoms with van der Waals surface area (Å²) in [6, 6.07) is 14.6. The van der Waals surface area contributed by atoms with Gasteiger partial charge >= 0.3 is 0 Å². The first-order valence-electron chi connectivity index (χ1n) is 7.67. The molecule has 5 heteroatoms. The second kappa shape index (κ2) is 7.06. The van der Waals surface area contributed by atoms with Crippen LogP contribution in [0.1, 0.15) is 30.9 Å². The first-order valence-corrected chi connectivity index (χ1v) is 8.44. The number of methoxy groups -OCH3 is 1. The summed E-state index contributed by atoms with van der Waals surface area (Å²) in [4.78, 5) is 1.11. The summed E-state index contributed by atoms with van der Waals surface area (Å²) >= 11 is 1.47. The van der Waals surface area contributed by atoms with E-state index in [2.05, 4.69) is 65.3 Å². The van der Waals surface area contributed by atoms with E-state index in [0.29, 0.717) is 12.5 Å². The molecule has 2 N–H and O–H groups in total. The quantitative estimate of drug-likeness (QED) is 0.788. The van der Waals surface area contributed by atoms with Crippen LogP contribution in [0.25, 0.3) is 0 Å². The summed E-state index contributed by atoms with van der Waals surface area (Å²) in [6.07, 6.45) is 0. The molecule has 0 fully saturated rings. The number of rotatable bonds is 4. The van der Waals surface area contributed by atoms with Gasteiger partial charge in [-0.2, -0.15) is 4.40 Å². The van der Waals surface area contributed by atoms with Gasteiger partial charge in [-0.05, 0) is 29.7 Å². The van der Waals surface area contributed by atoms with Crippen LogP contribution in [0.3, 0.4) is 0 Å². The third-order valence-corrected chi connectivity index (χ3v) is 4.54. The van der Waals surface area contributed by atoms with Crippen LogP contribution in [0.4, 0.5) is 11.4 Å². The van der Waals surface area contributed by atoms with Crippen LogP contribution in [-0.4, -0.2) is 13.1 Å². The number of hydrogen-bond acceptors (Lipinski definition) is 5.